The maximum Gasteiger partial charge on any atom is 0.332 e. The van der Waals surface area contributed by atoms with Gasteiger partial charge in [0.25, 0.3) is 5.56 Å². The molecule has 1 aliphatic rings. The predicted octanol–water partition coefficient (Wildman–Crippen LogP) is 0.796. The van der Waals surface area contributed by atoms with Crippen LogP contribution in [0.2, 0.25) is 0 Å². The van der Waals surface area contributed by atoms with Crippen molar-refractivity contribution in [3.8, 4) is 17.2 Å². The van der Waals surface area contributed by atoms with Gasteiger partial charge < -0.3 is 14.2 Å². The van der Waals surface area contributed by atoms with Crippen LogP contribution in [-0.4, -0.2) is 75.1 Å². The third-order valence-corrected chi connectivity index (χ3v) is 6.40. The molecule has 11 heteroatoms. The number of benzene rings is 1. The summed E-state index contributed by atoms with van der Waals surface area (Å²) in [5.74, 6) is 1.79. The Morgan fingerprint density at radius 2 is 1.85 bits per heavy atom. The Labute approximate surface area is 195 Å². The first-order valence-electron chi connectivity index (χ1n) is 11.2. The number of imidazole rings is 2. The van der Waals surface area contributed by atoms with E-state index in [1.165, 1.54) is 9.13 Å². The van der Waals surface area contributed by atoms with Gasteiger partial charge in [0, 0.05) is 51.2 Å². The predicted molar refractivity (Wildman–Crippen MR) is 127 cm³/mol. The number of morpholine rings is 1. The highest BCUT2D eigenvalue weighted by Crippen LogP contribution is 2.31. The van der Waals surface area contributed by atoms with Crippen LogP contribution in [0.1, 0.15) is 5.69 Å². The van der Waals surface area contributed by atoms with E-state index in [1.807, 2.05) is 29.8 Å². The van der Waals surface area contributed by atoms with E-state index in [4.69, 9.17) is 19.2 Å². The Hall–Kier alpha value is -3.57. The normalized spacial score (nSPS) is 14.8. The summed E-state index contributed by atoms with van der Waals surface area (Å²) in [4.78, 5) is 33.5. The molecule has 0 radical (unpaired) electrons. The van der Waals surface area contributed by atoms with E-state index in [0.29, 0.717) is 54.7 Å². The van der Waals surface area contributed by atoms with Crippen molar-refractivity contribution in [3.63, 3.8) is 0 Å². The highest BCUT2D eigenvalue weighted by Gasteiger charge is 2.22. The van der Waals surface area contributed by atoms with E-state index in [-0.39, 0.29) is 11.2 Å². The highest BCUT2D eigenvalue weighted by atomic mass is 16.5. The van der Waals surface area contributed by atoms with Crippen LogP contribution in [0, 0.1) is 6.92 Å². The number of methoxy groups -OCH3 is 2. The number of fused-ring (bicyclic) bond motifs is 3. The van der Waals surface area contributed by atoms with Crippen LogP contribution in [-0.2, 0) is 18.3 Å². The fraction of sp³-hybridized carbons (Fsp3) is 0.435. The molecule has 0 saturated carbocycles. The molecule has 0 atom stereocenters. The number of hydrogen-bond donors (Lipinski definition) is 0. The van der Waals surface area contributed by atoms with E-state index in [1.54, 1.807) is 31.7 Å². The van der Waals surface area contributed by atoms with Gasteiger partial charge in [-0.1, -0.05) is 0 Å². The second-order valence-electron chi connectivity index (χ2n) is 8.35. The van der Waals surface area contributed by atoms with Gasteiger partial charge in [0.2, 0.25) is 5.78 Å². The summed E-state index contributed by atoms with van der Waals surface area (Å²) in [6, 6.07) is 5.51. The number of nitrogens with zero attached hydrogens (tertiary/aromatic N) is 6. The zero-order valence-corrected chi connectivity index (χ0v) is 19.8. The fourth-order valence-corrected chi connectivity index (χ4v) is 4.54. The molecule has 1 aromatic carbocycles. The van der Waals surface area contributed by atoms with Crippen LogP contribution >= 0.6 is 0 Å². The number of hydrogen-bond acceptors (Lipinski definition) is 7. The van der Waals surface area contributed by atoms with Gasteiger partial charge in [-0.2, -0.15) is 4.98 Å². The van der Waals surface area contributed by atoms with Crippen molar-refractivity contribution < 1.29 is 14.2 Å². The number of aryl methyl sites for hydroxylation is 2. The zero-order valence-electron chi connectivity index (χ0n) is 19.8. The van der Waals surface area contributed by atoms with E-state index in [0.717, 1.165) is 24.5 Å². The Morgan fingerprint density at radius 1 is 1.09 bits per heavy atom. The van der Waals surface area contributed by atoms with Crippen molar-refractivity contribution in [1.29, 1.82) is 0 Å². The average Bonchev–Trinajstić information content (AvgIpc) is 3.37. The van der Waals surface area contributed by atoms with Crippen molar-refractivity contribution in [1.82, 2.24) is 28.0 Å². The van der Waals surface area contributed by atoms with Gasteiger partial charge in [-0.05, 0) is 19.1 Å². The van der Waals surface area contributed by atoms with Crippen molar-refractivity contribution in [2.24, 2.45) is 7.05 Å². The largest absolute Gasteiger partial charge is 0.497 e. The van der Waals surface area contributed by atoms with Crippen LogP contribution in [0.5, 0.6) is 11.5 Å². The second kappa shape index (κ2) is 8.65. The first-order chi connectivity index (χ1) is 16.4. The van der Waals surface area contributed by atoms with Crippen molar-refractivity contribution in [2.45, 2.75) is 13.5 Å². The lowest BCUT2D eigenvalue weighted by atomic mass is 10.2. The minimum absolute atomic E-state index is 0.306. The third-order valence-electron chi connectivity index (χ3n) is 6.40. The molecule has 180 valence electrons. The topological polar surface area (TPSA) is 97.2 Å². The first-order valence-corrected chi connectivity index (χ1v) is 11.2. The second-order valence-corrected chi connectivity index (χ2v) is 8.35. The summed E-state index contributed by atoms with van der Waals surface area (Å²) in [5.41, 5.74) is 1.60. The van der Waals surface area contributed by atoms with Crippen LogP contribution in [0.15, 0.2) is 34.0 Å². The maximum atomic E-state index is 13.5. The molecule has 1 aliphatic heterocycles. The molecule has 0 aliphatic carbocycles. The molecule has 4 aromatic rings. The fourth-order valence-electron chi connectivity index (χ4n) is 4.54. The van der Waals surface area contributed by atoms with Gasteiger partial charge >= 0.3 is 5.69 Å². The van der Waals surface area contributed by atoms with Crippen molar-refractivity contribution >= 4 is 16.9 Å². The summed E-state index contributed by atoms with van der Waals surface area (Å²) in [6.07, 6.45) is 1.85. The minimum Gasteiger partial charge on any atom is -0.497 e. The lowest BCUT2D eigenvalue weighted by Crippen LogP contribution is -2.44. The molecule has 11 nitrogen and oxygen atoms in total. The molecular weight excluding hydrogens is 440 g/mol. The smallest absolute Gasteiger partial charge is 0.332 e. The lowest BCUT2D eigenvalue weighted by molar-refractivity contribution is 0.0361. The van der Waals surface area contributed by atoms with Crippen molar-refractivity contribution in [3.05, 3.63) is 50.9 Å². The Bertz CT molecular complexity index is 1490. The summed E-state index contributed by atoms with van der Waals surface area (Å²) >= 11 is 0. The monoisotopic (exact) mass is 468 g/mol. The molecule has 0 unspecified atom stereocenters. The van der Waals surface area contributed by atoms with E-state index in [2.05, 4.69) is 4.90 Å². The molecule has 3 aromatic heterocycles. The van der Waals surface area contributed by atoms with Crippen LogP contribution in [0.4, 0.5) is 0 Å². The van der Waals surface area contributed by atoms with Gasteiger partial charge in [-0.3, -0.25) is 27.8 Å². The highest BCUT2D eigenvalue weighted by molar-refractivity contribution is 5.77. The Balaban J connectivity index is 1.67. The maximum absolute atomic E-state index is 13.5. The summed E-state index contributed by atoms with van der Waals surface area (Å²) in [7, 11) is 4.83. The number of rotatable bonds is 6. The molecule has 0 spiro atoms. The molecule has 4 heterocycles. The van der Waals surface area contributed by atoms with Crippen LogP contribution in [0.25, 0.3) is 22.6 Å². The van der Waals surface area contributed by atoms with Gasteiger partial charge in [0.15, 0.2) is 11.2 Å². The van der Waals surface area contributed by atoms with E-state index in [9.17, 15) is 9.59 Å². The van der Waals surface area contributed by atoms with Gasteiger partial charge in [-0.15, -0.1) is 0 Å². The molecule has 0 amide bonds. The van der Waals surface area contributed by atoms with E-state index >= 15 is 0 Å². The molecule has 34 heavy (non-hydrogen) atoms. The molecule has 1 fully saturated rings. The molecule has 1 saturated heterocycles. The molecular formula is C23H28N6O5. The average molecular weight is 469 g/mol. The van der Waals surface area contributed by atoms with E-state index < -0.39 is 0 Å². The summed E-state index contributed by atoms with van der Waals surface area (Å²) in [5, 5.41) is 0. The SMILES string of the molecule is COc1ccc(-n2c(C)cn3c4c(=O)n(CCN5CCOCC5)c(=O)n(C)c4nc23)c(OC)c1. The first kappa shape index (κ1) is 22.2. The molecule has 0 N–H and O–H groups in total. The zero-order chi connectivity index (χ0) is 24.0. The van der Waals surface area contributed by atoms with Gasteiger partial charge in [0.05, 0.1) is 33.1 Å². The number of aromatic nitrogens is 5. The van der Waals surface area contributed by atoms with Gasteiger partial charge in [-0.25, -0.2) is 4.79 Å². The van der Waals surface area contributed by atoms with Crippen molar-refractivity contribution in [2.75, 3.05) is 47.1 Å². The van der Waals surface area contributed by atoms with Crippen LogP contribution < -0.4 is 20.7 Å². The third kappa shape index (κ3) is 3.48. The standard InChI is InChI=1S/C23H28N6O5/c1-15-14-28-19-20(24-22(28)29(15)17-6-5-16(32-3)13-18(17)33-4)25(2)23(31)27(21(19)30)8-7-26-9-11-34-12-10-26/h5-6,13-14H,7-12H2,1-4H3. The number of ether oxygens (including phenoxy) is 3. The van der Waals surface area contributed by atoms with Crippen LogP contribution in [0.3, 0.4) is 0 Å². The Kier molecular flexibility index (Phi) is 5.66. The quantitative estimate of drug-likeness (QED) is 0.413. The summed E-state index contributed by atoms with van der Waals surface area (Å²) in [6.45, 7) is 5.76. The lowest BCUT2D eigenvalue weighted by Gasteiger charge is -2.26. The minimum atomic E-state index is -0.378. The summed E-state index contributed by atoms with van der Waals surface area (Å²) < 4.78 is 22.7. The molecule has 5 rings (SSSR count). The van der Waals surface area contributed by atoms with Gasteiger partial charge in [0.1, 0.15) is 11.5 Å². The molecule has 0 bridgehead atoms. The Morgan fingerprint density at radius 3 is 2.56 bits per heavy atom.